The second-order valence-corrected chi connectivity index (χ2v) is 7.10. The van der Waals surface area contributed by atoms with Crippen molar-refractivity contribution in [1.82, 2.24) is 4.98 Å². The number of nitriles is 1. The maximum atomic E-state index is 11.8. The van der Waals surface area contributed by atoms with E-state index in [0.29, 0.717) is 29.3 Å². The Kier molecular flexibility index (Phi) is 5.34. The van der Waals surface area contributed by atoms with E-state index in [1.165, 1.54) is 6.07 Å². The Hall–Kier alpha value is -2.39. The van der Waals surface area contributed by atoms with Crippen LogP contribution in [0.2, 0.25) is 0 Å². The summed E-state index contributed by atoms with van der Waals surface area (Å²) in [5, 5.41) is 22.0. The number of aromatic hydroxyl groups is 1. The van der Waals surface area contributed by atoms with Crippen LogP contribution in [0, 0.1) is 17.2 Å². The molecule has 6 heteroatoms. The van der Waals surface area contributed by atoms with Crippen LogP contribution in [0.25, 0.3) is 11.3 Å². The Morgan fingerprint density at radius 2 is 2.16 bits per heavy atom. The molecule has 0 unspecified atom stereocenters. The predicted octanol–water partition coefficient (Wildman–Crippen LogP) is 4.22. The van der Waals surface area contributed by atoms with Crippen LogP contribution < -0.4 is 0 Å². The van der Waals surface area contributed by atoms with Gasteiger partial charge < -0.3 is 9.84 Å². The summed E-state index contributed by atoms with van der Waals surface area (Å²) < 4.78 is 5.11. The molecule has 1 aliphatic carbocycles. The molecule has 3 rings (SSSR count). The van der Waals surface area contributed by atoms with Crippen LogP contribution in [0.5, 0.6) is 5.75 Å². The largest absolute Gasteiger partial charge is 0.507 e. The first-order valence-electron chi connectivity index (χ1n) is 8.48. The van der Waals surface area contributed by atoms with Crippen molar-refractivity contribution in [3.05, 3.63) is 34.2 Å². The van der Waals surface area contributed by atoms with Gasteiger partial charge in [0.1, 0.15) is 5.75 Å². The van der Waals surface area contributed by atoms with Crippen LogP contribution >= 0.6 is 11.3 Å². The molecule has 130 valence electrons. The highest BCUT2D eigenvalue weighted by Crippen LogP contribution is 2.39. The van der Waals surface area contributed by atoms with E-state index in [-0.39, 0.29) is 17.6 Å². The molecule has 5 nitrogen and oxygen atoms in total. The Bertz CT molecular complexity index is 801. The molecular formula is C19H20N2O3S. The monoisotopic (exact) mass is 356 g/mol. The van der Waals surface area contributed by atoms with E-state index in [9.17, 15) is 9.90 Å². The van der Waals surface area contributed by atoms with Crippen LogP contribution in [-0.2, 0) is 9.53 Å². The van der Waals surface area contributed by atoms with Gasteiger partial charge in [0.2, 0.25) is 0 Å². The molecule has 25 heavy (non-hydrogen) atoms. The van der Waals surface area contributed by atoms with Crippen molar-refractivity contribution in [3.63, 3.8) is 0 Å². The van der Waals surface area contributed by atoms with Gasteiger partial charge in [-0.15, -0.1) is 11.3 Å². The molecule has 0 amide bonds. The van der Waals surface area contributed by atoms with Gasteiger partial charge in [-0.1, -0.05) is 0 Å². The van der Waals surface area contributed by atoms with Gasteiger partial charge in [-0.05, 0) is 50.8 Å². The maximum Gasteiger partial charge on any atom is 0.308 e. The SMILES string of the molecule is CCOC(=O)C1CCC(c2nc(-c3cc(C#N)ccc3O)cs2)CC1. The van der Waals surface area contributed by atoms with Gasteiger partial charge >= 0.3 is 5.97 Å². The van der Waals surface area contributed by atoms with Gasteiger partial charge in [-0.2, -0.15) is 5.26 Å². The number of phenols is 1. The van der Waals surface area contributed by atoms with E-state index in [1.807, 2.05) is 12.3 Å². The molecular weight excluding hydrogens is 336 g/mol. The Morgan fingerprint density at radius 3 is 2.84 bits per heavy atom. The summed E-state index contributed by atoms with van der Waals surface area (Å²) in [5.41, 5.74) is 1.78. The van der Waals surface area contributed by atoms with Crippen LogP contribution in [0.4, 0.5) is 0 Å². The fourth-order valence-corrected chi connectivity index (χ4v) is 4.24. The Balaban J connectivity index is 1.71. The summed E-state index contributed by atoms with van der Waals surface area (Å²) >= 11 is 1.57. The van der Waals surface area contributed by atoms with Crippen LogP contribution in [-0.4, -0.2) is 22.7 Å². The molecule has 1 heterocycles. The summed E-state index contributed by atoms with van der Waals surface area (Å²) in [7, 11) is 0. The third kappa shape index (κ3) is 3.83. The molecule has 0 aliphatic heterocycles. The molecule has 2 aromatic rings. The zero-order chi connectivity index (χ0) is 17.8. The van der Waals surface area contributed by atoms with E-state index in [4.69, 9.17) is 10.00 Å². The summed E-state index contributed by atoms with van der Waals surface area (Å²) in [4.78, 5) is 16.5. The quantitative estimate of drug-likeness (QED) is 0.829. The lowest BCUT2D eigenvalue weighted by Gasteiger charge is -2.25. The van der Waals surface area contributed by atoms with Crippen molar-refractivity contribution in [2.45, 2.75) is 38.5 Å². The van der Waals surface area contributed by atoms with Gasteiger partial charge in [0.15, 0.2) is 0 Å². The number of aromatic nitrogens is 1. The zero-order valence-corrected chi connectivity index (χ0v) is 14.9. The van der Waals surface area contributed by atoms with Crippen molar-refractivity contribution < 1.29 is 14.6 Å². The minimum atomic E-state index is -0.0842. The molecule has 0 bridgehead atoms. The number of thiazole rings is 1. The van der Waals surface area contributed by atoms with E-state index in [1.54, 1.807) is 23.5 Å². The van der Waals surface area contributed by atoms with Gasteiger partial charge in [-0.3, -0.25) is 4.79 Å². The first-order chi connectivity index (χ1) is 12.1. The molecule has 1 aliphatic rings. The van der Waals surface area contributed by atoms with Crippen molar-refractivity contribution >= 4 is 17.3 Å². The van der Waals surface area contributed by atoms with Gasteiger partial charge in [0.05, 0.1) is 34.9 Å². The molecule has 0 spiro atoms. The second kappa shape index (κ2) is 7.66. The number of hydrogen-bond acceptors (Lipinski definition) is 6. The lowest BCUT2D eigenvalue weighted by Crippen LogP contribution is -2.23. The first kappa shape index (κ1) is 17.4. The number of hydrogen-bond donors (Lipinski definition) is 1. The molecule has 1 aromatic heterocycles. The molecule has 0 saturated heterocycles. The van der Waals surface area contributed by atoms with Crippen LogP contribution in [0.3, 0.4) is 0 Å². The summed E-state index contributed by atoms with van der Waals surface area (Å²) in [6, 6.07) is 6.85. The van der Waals surface area contributed by atoms with E-state index in [0.717, 1.165) is 30.7 Å². The average molecular weight is 356 g/mol. The van der Waals surface area contributed by atoms with Crippen LogP contribution in [0.1, 0.15) is 49.1 Å². The Labute approximate surface area is 150 Å². The second-order valence-electron chi connectivity index (χ2n) is 6.22. The number of phenolic OH excluding ortho intramolecular Hbond substituents is 1. The molecule has 1 N–H and O–H groups in total. The lowest BCUT2D eigenvalue weighted by molar-refractivity contribution is -0.149. The standard InChI is InChI=1S/C19H20N2O3S/c1-2-24-19(23)14-6-4-13(5-7-14)18-21-16(11-25-18)15-9-12(10-20)3-8-17(15)22/h3,8-9,11,13-14,22H,2,4-7H2,1H3. The number of benzene rings is 1. The number of esters is 1. The zero-order valence-electron chi connectivity index (χ0n) is 14.1. The molecule has 0 atom stereocenters. The predicted molar refractivity (Wildman–Crippen MR) is 95.3 cm³/mol. The van der Waals surface area contributed by atoms with E-state index >= 15 is 0 Å². The number of rotatable bonds is 4. The highest BCUT2D eigenvalue weighted by atomic mass is 32.1. The molecule has 1 aromatic carbocycles. The van der Waals surface area contributed by atoms with Gasteiger partial charge in [0, 0.05) is 16.9 Å². The van der Waals surface area contributed by atoms with Crippen LogP contribution in [0.15, 0.2) is 23.6 Å². The number of ether oxygens (including phenoxy) is 1. The van der Waals surface area contributed by atoms with Crippen molar-refractivity contribution in [2.75, 3.05) is 6.61 Å². The minimum absolute atomic E-state index is 0.00647. The van der Waals surface area contributed by atoms with Crippen molar-refractivity contribution in [3.8, 4) is 23.1 Å². The number of nitrogens with zero attached hydrogens (tertiary/aromatic N) is 2. The fraction of sp³-hybridized carbons (Fsp3) is 0.421. The molecule has 1 fully saturated rings. The van der Waals surface area contributed by atoms with Gasteiger partial charge in [0.25, 0.3) is 0 Å². The maximum absolute atomic E-state index is 11.8. The van der Waals surface area contributed by atoms with Crippen molar-refractivity contribution in [1.29, 1.82) is 5.26 Å². The topological polar surface area (TPSA) is 83.2 Å². The fourth-order valence-electron chi connectivity index (χ4n) is 3.25. The highest BCUT2D eigenvalue weighted by molar-refractivity contribution is 7.10. The Morgan fingerprint density at radius 1 is 1.40 bits per heavy atom. The third-order valence-electron chi connectivity index (χ3n) is 4.62. The first-order valence-corrected chi connectivity index (χ1v) is 9.35. The summed E-state index contributed by atoms with van der Waals surface area (Å²) in [5.74, 6) is 0.388. The van der Waals surface area contributed by atoms with Crippen molar-refractivity contribution in [2.24, 2.45) is 5.92 Å². The molecule has 0 radical (unpaired) electrons. The summed E-state index contributed by atoms with van der Waals surface area (Å²) in [6.07, 6.45) is 3.49. The number of carbonyl (C=O) groups excluding carboxylic acids is 1. The molecule has 1 saturated carbocycles. The minimum Gasteiger partial charge on any atom is -0.507 e. The normalized spacial score (nSPS) is 20.0. The van der Waals surface area contributed by atoms with E-state index < -0.39 is 0 Å². The third-order valence-corrected chi connectivity index (χ3v) is 5.63. The highest BCUT2D eigenvalue weighted by Gasteiger charge is 2.29. The van der Waals surface area contributed by atoms with E-state index in [2.05, 4.69) is 11.1 Å². The smallest absolute Gasteiger partial charge is 0.308 e. The lowest BCUT2D eigenvalue weighted by atomic mass is 9.82. The number of carbonyl (C=O) groups is 1. The average Bonchev–Trinajstić information content (AvgIpc) is 3.12. The van der Waals surface area contributed by atoms with Gasteiger partial charge in [-0.25, -0.2) is 4.98 Å². The summed E-state index contributed by atoms with van der Waals surface area (Å²) in [6.45, 7) is 2.26.